The van der Waals surface area contributed by atoms with E-state index in [-0.39, 0.29) is 0 Å². The van der Waals surface area contributed by atoms with Crippen molar-refractivity contribution in [1.29, 1.82) is 0 Å². The number of hydrogen-bond acceptors (Lipinski definition) is 2. The molecule has 0 bridgehead atoms. The molecule has 0 unspecified atom stereocenters. The fraction of sp³-hybridized carbons (Fsp3) is 0.250. The molecule has 2 heteroatoms. The largest absolute Gasteiger partial charge is 0.390 e. The van der Waals surface area contributed by atoms with E-state index < -0.39 is 0 Å². The fourth-order valence-electron chi connectivity index (χ4n) is 1.90. The molecule has 0 N–H and O–H groups in total. The fourth-order valence-corrected chi connectivity index (χ4v) is 1.90. The van der Waals surface area contributed by atoms with Gasteiger partial charge in [-0.3, -0.25) is 0 Å². The van der Waals surface area contributed by atoms with Crippen LogP contribution in [0.1, 0.15) is 37.3 Å². The zero-order chi connectivity index (χ0) is 15.5. The summed E-state index contributed by atoms with van der Waals surface area (Å²) < 4.78 is 0. The zero-order valence-corrected chi connectivity index (χ0v) is 13.0. The standard InChI is InChI=1S/C20H21NO/c1-2-3-4-11-16-20(19-14-9-6-10-15-19)21-22-17-18-12-7-5-8-13-18/h5-10,12-15H,2-4,17H2,1H3/b21-20-. The third-order valence-corrected chi connectivity index (χ3v) is 3.14. The van der Waals surface area contributed by atoms with Gasteiger partial charge in [-0.1, -0.05) is 85.1 Å². The third kappa shape index (κ3) is 5.46. The summed E-state index contributed by atoms with van der Waals surface area (Å²) >= 11 is 0. The molecule has 0 atom stereocenters. The molecule has 0 saturated heterocycles. The van der Waals surface area contributed by atoms with Crippen LogP contribution in [0.5, 0.6) is 0 Å². The highest BCUT2D eigenvalue weighted by atomic mass is 16.6. The van der Waals surface area contributed by atoms with Crippen LogP contribution in [0.3, 0.4) is 0 Å². The summed E-state index contributed by atoms with van der Waals surface area (Å²) in [6, 6.07) is 20.0. The van der Waals surface area contributed by atoms with E-state index in [9.17, 15) is 0 Å². The molecule has 2 aromatic rings. The summed E-state index contributed by atoms with van der Waals surface area (Å²) in [4.78, 5) is 5.48. The van der Waals surface area contributed by atoms with E-state index in [2.05, 4.69) is 23.9 Å². The Kier molecular flexibility index (Phi) is 6.78. The van der Waals surface area contributed by atoms with Crippen molar-refractivity contribution >= 4 is 5.71 Å². The lowest BCUT2D eigenvalue weighted by Crippen LogP contribution is -1.99. The Balaban J connectivity index is 2.06. The Labute approximate surface area is 132 Å². The summed E-state index contributed by atoms with van der Waals surface area (Å²) in [6.07, 6.45) is 3.15. The molecule has 0 fully saturated rings. The minimum Gasteiger partial charge on any atom is -0.390 e. The Hall–Kier alpha value is -2.53. The van der Waals surface area contributed by atoms with Crippen molar-refractivity contribution in [2.75, 3.05) is 0 Å². The van der Waals surface area contributed by atoms with Gasteiger partial charge in [0.25, 0.3) is 0 Å². The molecule has 0 amide bonds. The Morgan fingerprint density at radius 3 is 2.36 bits per heavy atom. The van der Waals surface area contributed by atoms with Crippen molar-refractivity contribution in [2.45, 2.75) is 32.8 Å². The molecule has 112 valence electrons. The van der Waals surface area contributed by atoms with E-state index in [0.717, 1.165) is 30.4 Å². The maximum Gasteiger partial charge on any atom is 0.159 e. The number of nitrogens with zero attached hydrogens (tertiary/aromatic N) is 1. The second-order valence-electron chi connectivity index (χ2n) is 4.97. The van der Waals surface area contributed by atoms with E-state index in [1.54, 1.807) is 0 Å². The number of rotatable bonds is 6. The predicted octanol–water partition coefficient (Wildman–Crippen LogP) is 4.80. The maximum absolute atomic E-state index is 5.48. The lowest BCUT2D eigenvalue weighted by atomic mass is 10.1. The first kappa shape index (κ1) is 15.9. The highest BCUT2D eigenvalue weighted by molar-refractivity contribution is 6.12. The quantitative estimate of drug-likeness (QED) is 0.324. The first-order chi connectivity index (χ1) is 10.9. The van der Waals surface area contributed by atoms with Gasteiger partial charge in [0.1, 0.15) is 6.61 Å². The van der Waals surface area contributed by atoms with Crippen molar-refractivity contribution in [3.63, 3.8) is 0 Å². The summed E-state index contributed by atoms with van der Waals surface area (Å²) in [6.45, 7) is 2.62. The summed E-state index contributed by atoms with van der Waals surface area (Å²) in [5.41, 5.74) is 2.77. The van der Waals surface area contributed by atoms with Gasteiger partial charge in [-0.2, -0.15) is 0 Å². The van der Waals surface area contributed by atoms with Crippen molar-refractivity contribution < 1.29 is 4.84 Å². The van der Waals surface area contributed by atoms with E-state index in [0.29, 0.717) is 12.3 Å². The molecule has 22 heavy (non-hydrogen) atoms. The third-order valence-electron chi connectivity index (χ3n) is 3.14. The van der Waals surface area contributed by atoms with Gasteiger partial charge in [0, 0.05) is 12.0 Å². The van der Waals surface area contributed by atoms with Crippen molar-refractivity contribution in [2.24, 2.45) is 5.16 Å². The van der Waals surface area contributed by atoms with Crippen LogP contribution in [0.4, 0.5) is 0 Å². The number of oxime groups is 1. The minimum absolute atomic E-state index is 0.452. The van der Waals surface area contributed by atoms with Crippen molar-refractivity contribution in [1.82, 2.24) is 0 Å². The van der Waals surface area contributed by atoms with Gasteiger partial charge in [-0.05, 0) is 17.9 Å². The zero-order valence-electron chi connectivity index (χ0n) is 13.0. The molecule has 0 saturated carbocycles. The SMILES string of the molecule is CCCCC#C/C(=N/OCc1ccccc1)c1ccccc1. The average Bonchev–Trinajstić information content (AvgIpc) is 2.59. The summed E-state index contributed by atoms with van der Waals surface area (Å²) in [5.74, 6) is 6.30. The van der Waals surface area contributed by atoms with Crippen LogP contribution < -0.4 is 0 Å². The second kappa shape index (κ2) is 9.41. The van der Waals surface area contributed by atoms with E-state index >= 15 is 0 Å². The molecule has 0 heterocycles. The van der Waals surface area contributed by atoms with Crippen molar-refractivity contribution in [3.8, 4) is 11.8 Å². The van der Waals surface area contributed by atoms with Crippen LogP contribution in [0.15, 0.2) is 65.8 Å². The molecule has 2 rings (SSSR count). The summed E-state index contributed by atoms with van der Waals surface area (Å²) in [7, 11) is 0. The Bertz CT molecular complexity index is 636. The maximum atomic E-state index is 5.48. The average molecular weight is 291 g/mol. The molecule has 0 aromatic heterocycles. The highest BCUT2D eigenvalue weighted by Crippen LogP contribution is 2.05. The highest BCUT2D eigenvalue weighted by Gasteiger charge is 2.00. The van der Waals surface area contributed by atoms with Gasteiger partial charge >= 0.3 is 0 Å². The van der Waals surface area contributed by atoms with Crippen molar-refractivity contribution in [3.05, 3.63) is 71.8 Å². The first-order valence-electron chi connectivity index (χ1n) is 7.68. The Morgan fingerprint density at radius 1 is 1.00 bits per heavy atom. The topological polar surface area (TPSA) is 21.6 Å². The van der Waals surface area contributed by atoms with E-state index in [1.807, 2.05) is 60.7 Å². The van der Waals surface area contributed by atoms with Gasteiger partial charge < -0.3 is 4.84 Å². The van der Waals surface area contributed by atoms with Crippen LogP contribution >= 0.6 is 0 Å². The van der Waals surface area contributed by atoms with E-state index in [1.165, 1.54) is 0 Å². The molecule has 0 aliphatic carbocycles. The molecule has 2 aromatic carbocycles. The minimum atomic E-state index is 0.452. The smallest absolute Gasteiger partial charge is 0.159 e. The molecule has 2 nitrogen and oxygen atoms in total. The number of unbranched alkanes of at least 4 members (excludes halogenated alkanes) is 2. The lowest BCUT2D eigenvalue weighted by molar-refractivity contribution is 0.131. The molecular weight excluding hydrogens is 270 g/mol. The van der Waals surface area contributed by atoms with Crippen LogP contribution in [0, 0.1) is 11.8 Å². The second-order valence-corrected chi connectivity index (χ2v) is 4.97. The summed E-state index contributed by atoms with van der Waals surface area (Å²) in [5, 5.41) is 4.23. The molecule has 0 radical (unpaired) electrons. The van der Waals surface area contributed by atoms with Gasteiger partial charge in [0.05, 0.1) is 0 Å². The normalized spacial score (nSPS) is 10.7. The number of hydrogen-bond donors (Lipinski definition) is 0. The van der Waals surface area contributed by atoms with Crippen LogP contribution in [0.25, 0.3) is 0 Å². The number of benzene rings is 2. The first-order valence-corrected chi connectivity index (χ1v) is 7.68. The van der Waals surface area contributed by atoms with Gasteiger partial charge in [-0.15, -0.1) is 0 Å². The lowest BCUT2D eigenvalue weighted by Gasteiger charge is -2.02. The Morgan fingerprint density at radius 2 is 1.68 bits per heavy atom. The van der Waals surface area contributed by atoms with Crippen LogP contribution in [-0.2, 0) is 11.4 Å². The van der Waals surface area contributed by atoms with Crippen LogP contribution in [0.2, 0.25) is 0 Å². The van der Waals surface area contributed by atoms with Gasteiger partial charge in [0.15, 0.2) is 5.71 Å². The van der Waals surface area contributed by atoms with Crippen LogP contribution in [-0.4, -0.2) is 5.71 Å². The predicted molar refractivity (Wildman–Crippen MR) is 91.5 cm³/mol. The van der Waals surface area contributed by atoms with E-state index in [4.69, 9.17) is 4.84 Å². The monoisotopic (exact) mass is 291 g/mol. The molecule has 0 spiro atoms. The molecule has 0 aliphatic rings. The molecule has 0 aliphatic heterocycles. The van der Waals surface area contributed by atoms with Gasteiger partial charge in [0.2, 0.25) is 0 Å². The molecular formula is C20H21NO. The van der Waals surface area contributed by atoms with Gasteiger partial charge in [-0.25, -0.2) is 0 Å².